The Kier molecular flexibility index (Phi) is 6.23. The molecular formula is C25H27NO3. The lowest BCUT2D eigenvalue weighted by molar-refractivity contribution is 0.102. The molecule has 0 unspecified atom stereocenters. The summed E-state index contributed by atoms with van der Waals surface area (Å²) >= 11 is 0. The van der Waals surface area contributed by atoms with Crippen LogP contribution in [-0.2, 0) is 6.61 Å². The van der Waals surface area contributed by atoms with Gasteiger partial charge in [0.15, 0.2) is 0 Å². The second-order valence-electron chi connectivity index (χ2n) is 7.29. The predicted molar refractivity (Wildman–Crippen MR) is 117 cm³/mol. The van der Waals surface area contributed by atoms with Crippen LogP contribution in [-0.4, -0.2) is 13.0 Å². The van der Waals surface area contributed by atoms with Gasteiger partial charge in [-0.25, -0.2) is 0 Å². The van der Waals surface area contributed by atoms with Crippen LogP contribution < -0.4 is 14.8 Å². The molecule has 4 heteroatoms. The molecule has 1 amide bonds. The van der Waals surface area contributed by atoms with Crippen molar-refractivity contribution in [2.45, 2.75) is 34.3 Å². The number of para-hydroxylation sites is 1. The zero-order chi connectivity index (χ0) is 21.0. The Morgan fingerprint density at radius 3 is 2.38 bits per heavy atom. The number of benzene rings is 3. The molecule has 0 aliphatic heterocycles. The molecule has 0 heterocycles. The fraction of sp³-hybridized carbons (Fsp3) is 0.240. The Hall–Kier alpha value is -3.27. The van der Waals surface area contributed by atoms with Crippen LogP contribution in [0.5, 0.6) is 11.5 Å². The lowest BCUT2D eigenvalue weighted by atomic mass is 10.1. The summed E-state index contributed by atoms with van der Waals surface area (Å²) < 4.78 is 11.6. The standard InChI is InChI=1S/C25H27NO3/c1-16-12-18(3)19(4)24(13-16)29-15-21-14-20(10-11-23(21)28-5)25(27)26-22-9-7-6-8-17(22)2/h6-14H,15H2,1-5H3,(H,26,27). The number of amides is 1. The minimum atomic E-state index is -0.161. The number of carbonyl (C=O) groups excluding carboxylic acids is 1. The number of hydrogen-bond acceptors (Lipinski definition) is 3. The van der Waals surface area contributed by atoms with E-state index in [1.54, 1.807) is 19.2 Å². The average molecular weight is 389 g/mol. The molecule has 29 heavy (non-hydrogen) atoms. The molecule has 0 aromatic heterocycles. The predicted octanol–water partition coefficient (Wildman–Crippen LogP) is 5.76. The molecule has 0 fully saturated rings. The van der Waals surface area contributed by atoms with E-state index in [9.17, 15) is 4.79 Å². The van der Waals surface area contributed by atoms with Crippen molar-refractivity contribution in [1.29, 1.82) is 0 Å². The van der Waals surface area contributed by atoms with Gasteiger partial charge < -0.3 is 14.8 Å². The molecular weight excluding hydrogens is 362 g/mol. The number of carbonyl (C=O) groups is 1. The summed E-state index contributed by atoms with van der Waals surface area (Å²) in [5.74, 6) is 1.38. The third-order valence-electron chi connectivity index (χ3n) is 5.08. The fourth-order valence-corrected chi connectivity index (χ4v) is 3.25. The Bertz CT molecular complexity index is 1040. The summed E-state index contributed by atoms with van der Waals surface area (Å²) in [7, 11) is 1.62. The topological polar surface area (TPSA) is 47.6 Å². The minimum Gasteiger partial charge on any atom is -0.496 e. The maximum Gasteiger partial charge on any atom is 0.255 e. The smallest absolute Gasteiger partial charge is 0.255 e. The molecule has 0 aliphatic carbocycles. The van der Waals surface area contributed by atoms with E-state index in [1.807, 2.05) is 50.2 Å². The number of hydrogen-bond donors (Lipinski definition) is 1. The molecule has 0 atom stereocenters. The summed E-state index contributed by atoms with van der Waals surface area (Å²) in [5.41, 5.74) is 6.66. The van der Waals surface area contributed by atoms with Crippen LogP contribution in [0.3, 0.4) is 0 Å². The first-order chi connectivity index (χ1) is 13.9. The lowest BCUT2D eigenvalue weighted by Crippen LogP contribution is -2.13. The van der Waals surface area contributed by atoms with E-state index in [-0.39, 0.29) is 5.91 Å². The van der Waals surface area contributed by atoms with Gasteiger partial charge in [-0.15, -0.1) is 0 Å². The van der Waals surface area contributed by atoms with Crippen molar-refractivity contribution in [2.75, 3.05) is 12.4 Å². The average Bonchev–Trinajstić information content (AvgIpc) is 2.71. The molecule has 0 bridgehead atoms. The first-order valence-corrected chi connectivity index (χ1v) is 9.63. The zero-order valence-electron chi connectivity index (χ0n) is 17.6. The zero-order valence-corrected chi connectivity index (χ0v) is 17.6. The van der Waals surface area contributed by atoms with Crippen molar-refractivity contribution in [1.82, 2.24) is 0 Å². The van der Waals surface area contributed by atoms with E-state index in [2.05, 4.69) is 25.2 Å². The summed E-state index contributed by atoms with van der Waals surface area (Å²) in [5, 5.41) is 2.97. The van der Waals surface area contributed by atoms with Gasteiger partial charge in [-0.2, -0.15) is 0 Å². The number of nitrogens with one attached hydrogen (secondary N) is 1. The Balaban J connectivity index is 1.82. The molecule has 4 nitrogen and oxygen atoms in total. The molecule has 3 rings (SSSR count). The van der Waals surface area contributed by atoms with Crippen molar-refractivity contribution in [3.05, 3.63) is 88.0 Å². The second kappa shape index (κ2) is 8.82. The molecule has 150 valence electrons. The first kappa shape index (κ1) is 20.5. The lowest BCUT2D eigenvalue weighted by Gasteiger charge is -2.15. The highest BCUT2D eigenvalue weighted by Gasteiger charge is 2.13. The number of methoxy groups -OCH3 is 1. The van der Waals surface area contributed by atoms with Crippen molar-refractivity contribution >= 4 is 11.6 Å². The van der Waals surface area contributed by atoms with Crippen LogP contribution in [0.2, 0.25) is 0 Å². The minimum absolute atomic E-state index is 0.161. The van der Waals surface area contributed by atoms with Gasteiger partial charge in [0, 0.05) is 16.8 Å². The Morgan fingerprint density at radius 1 is 0.897 bits per heavy atom. The second-order valence-corrected chi connectivity index (χ2v) is 7.29. The quantitative estimate of drug-likeness (QED) is 0.583. The molecule has 3 aromatic rings. The molecule has 0 saturated heterocycles. The summed E-state index contributed by atoms with van der Waals surface area (Å²) in [6.45, 7) is 8.46. The Morgan fingerprint density at radius 2 is 1.66 bits per heavy atom. The fourth-order valence-electron chi connectivity index (χ4n) is 3.25. The highest BCUT2D eigenvalue weighted by Crippen LogP contribution is 2.27. The maximum absolute atomic E-state index is 12.7. The van der Waals surface area contributed by atoms with Crippen LogP contribution in [0, 0.1) is 27.7 Å². The maximum atomic E-state index is 12.7. The summed E-state index contributed by atoms with van der Waals surface area (Å²) in [4.78, 5) is 12.7. The van der Waals surface area contributed by atoms with E-state index in [0.29, 0.717) is 17.9 Å². The number of aryl methyl sites for hydroxylation is 3. The Labute approximate surface area is 172 Å². The normalized spacial score (nSPS) is 10.5. The van der Waals surface area contributed by atoms with Crippen molar-refractivity contribution in [3.63, 3.8) is 0 Å². The molecule has 1 N–H and O–H groups in total. The van der Waals surface area contributed by atoms with Crippen LogP contribution in [0.15, 0.2) is 54.6 Å². The van der Waals surface area contributed by atoms with Crippen molar-refractivity contribution in [3.8, 4) is 11.5 Å². The van der Waals surface area contributed by atoms with E-state index < -0.39 is 0 Å². The van der Waals surface area contributed by atoms with Crippen LogP contribution in [0.4, 0.5) is 5.69 Å². The molecule has 3 aromatic carbocycles. The number of anilines is 1. The highest BCUT2D eigenvalue weighted by atomic mass is 16.5. The molecule has 0 aliphatic rings. The molecule has 0 spiro atoms. The number of ether oxygens (including phenoxy) is 2. The van der Waals surface area contributed by atoms with Gasteiger partial charge in [0.05, 0.1) is 7.11 Å². The summed E-state index contributed by atoms with van der Waals surface area (Å²) in [6.07, 6.45) is 0. The van der Waals surface area contributed by atoms with Gasteiger partial charge in [-0.1, -0.05) is 24.3 Å². The van der Waals surface area contributed by atoms with E-state index in [0.717, 1.165) is 33.7 Å². The van der Waals surface area contributed by atoms with Crippen LogP contribution >= 0.6 is 0 Å². The molecule has 0 radical (unpaired) electrons. The third kappa shape index (κ3) is 4.77. The van der Waals surface area contributed by atoms with E-state index >= 15 is 0 Å². The van der Waals surface area contributed by atoms with Gasteiger partial charge in [0.1, 0.15) is 18.1 Å². The largest absolute Gasteiger partial charge is 0.496 e. The van der Waals surface area contributed by atoms with Crippen molar-refractivity contribution < 1.29 is 14.3 Å². The van der Waals surface area contributed by atoms with Gasteiger partial charge in [-0.3, -0.25) is 4.79 Å². The third-order valence-corrected chi connectivity index (χ3v) is 5.08. The highest BCUT2D eigenvalue weighted by molar-refractivity contribution is 6.04. The van der Waals surface area contributed by atoms with E-state index in [1.165, 1.54) is 5.56 Å². The van der Waals surface area contributed by atoms with Crippen LogP contribution in [0.1, 0.15) is 38.2 Å². The van der Waals surface area contributed by atoms with Gasteiger partial charge in [0.25, 0.3) is 5.91 Å². The number of rotatable bonds is 6. The van der Waals surface area contributed by atoms with Gasteiger partial charge in [-0.05, 0) is 80.3 Å². The van der Waals surface area contributed by atoms with Gasteiger partial charge >= 0.3 is 0 Å². The van der Waals surface area contributed by atoms with Crippen LogP contribution in [0.25, 0.3) is 0 Å². The van der Waals surface area contributed by atoms with E-state index in [4.69, 9.17) is 9.47 Å². The van der Waals surface area contributed by atoms with Gasteiger partial charge in [0.2, 0.25) is 0 Å². The monoisotopic (exact) mass is 389 g/mol. The molecule has 0 saturated carbocycles. The summed E-state index contributed by atoms with van der Waals surface area (Å²) in [6, 6.07) is 17.3. The van der Waals surface area contributed by atoms with Crippen molar-refractivity contribution in [2.24, 2.45) is 0 Å². The SMILES string of the molecule is COc1ccc(C(=O)Nc2ccccc2C)cc1COc1cc(C)cc(C)c1C. The first-order valence-electron chi connectivity index (χ1n) is 9.63.